The number of piperazine rings is 1. The number of aryl methyl sites for hydroxylation is 2. The molecular formula is C19H16N6O4. The lowest BCUT2D eigenvalue weighted by Crippen LogP contribution is -2.54. The van der Waals surface area contributed by atoms with Crippen LogP contribution in [0, 0.1) is 25.2 Å². The summed E-state index contributed by atoms with van der Waals surface area (Å²) in [5.41, 5.74) is 1.35. The summed E-state index contributed by atoms with van der Waals surface area (Å²) in [5.74, 6) is -0.160. The van der Waals surface area contributed by atoms with E-state index in [2.05, 4.69) is 10.1 Å². The van der Waals surface area contributed by atoms with Crippen LogP contribution in [0.25, 0.3) is 0 Å². The van der Waals surface area contributed by atoms with Crippen molar-refractivity contribution in [2.24, 2.45) is 0 Å². The van der Waals surface area contributed by atoms with Crippen molar-refractivity contribution in [3.8, 4) is 6.07 Å². The number of imide groups is 1. The van der Waals surface area contributed by atoms with Crippen LogP contribution in [0.2, 0.25) is 0 Å². The molecule has 1 unspecified atom stereocenters. The van der Waals surface area contributed by atoms with Gasteiger partial charge in [0.2, 0.25) is 0 Å². The second kappa shape index (κ2) is 5.88. The summed E-state index contributed by atoms with van der Waals surface area (Å²) in [6.45, 7) is 3.75. The van der Waals surface area contributed by atoms with Gasteiger partial charge in [-0.3, -0.25) is 9.59 Å². The normalized spacial score (nSPS) is 25.0. The molecule has 5 rings (SSSR count). The van der Waals surface area contributed by atoms with Crippen molar-refractivity contribution in [3.63, 3.8) is 0 Å². The van der Waals surface area contributed by atoms with Crippen molar-refractivity contribution in [1.29, 1.82) is 5.26 Å². The molecule has 2 aromatic rings. The van der Waals surface area contributed by atoms with Gasteiger partial charge in [0, 0.05) is 12.6 Å². The van der Waals surface area contributed by atoms with E-state index in [9.17, 15) is 14.4 Å². The molecule has 3 aliphatic heterocycles. The van der Waals surface area contributed by atoms with E-state index in [0.717, 1.165) is 4.90 Å². The number of amides is 4. The molecule has 3 atom stereocenters. The lowest BCUT2D eigenvalue weighted by atomic mass is 10.1. The Balaban J connectivity index is 1.45. The Morgan fingerprint density at radius 3 is 2.76 bits per heavy atom. The fourth-order valence-electron chi connectivity index (χ4n) is 4.54. The van der Waals surface area contributed by atoms with Crippen LogP contribution < -0.4 is 4.90 Å². The number of rotatable bonds is 2. The van der Waals surface area contributed by atoms with E-state index in [1.165, 1.54) is 6.20 Å². The molecule has 0 aliphatic carbocycles. The van der Waals surface area contributed by atoms with Gasteiger partial charge < -0.3 is 14.3 Å². The van der Waals surface area contributed by atoms with Crippen LogP contribution in [0.5, 0.6) is 0 Å². The number of fused-ring (bicyclic) bond motifs is 5. The largest absolute Gasteiger partial charge is 0.361 e. The first-order chi connectivity index (χ1) is 13.9. The number of aromatic nitrogens is 2. The van der Waals surface area contributed by atoms with Crippen LogP contribution in [0.15, 0.2) is 22.9 Å². The highest BCUT2D eigenvalue weighted by molar-refractivity contribution is 6.22. The predicted octanol–water partition coefficient (Wildman–Crippen LogP) is 0.992. The fraction of sp³-hybridized carbons (Fsp3) is 0.368. The van der Waals surface area contributed by atoms with Gasteiger partial charge in [-0.1, -0.05) is 5.16 Å². The quantitative estimate of drug-likeness (QED) is 0.698. The minimum absolute atomic E-state index is 0.196. The molecule has 0 radical (unpaired) electrons. The lowest BCUT2D eigenvalue weighted by Gasteiger charge is -2.34. The Morgan fingerprint density at radius 1 is 1.31 bits per heavy atom. The molecule has 2 bridgehead atoms. The van der Waals surface area contributed by atoms with Gasteiger partial charge in [0.15, 0.2) is 5.69 Å². The summed E-state index contributed by atoms with van der Waals surface area (Å²) in [5, 5.41) is 12.8. The molecule has 0 aromatic carbocycles. The molecular weight excluding hydrogens is 376 g/mol. The first-order valence-electron chi connectivity index (χ1n) is 9.18. The SMILES string of the molecule is Cc1cc(C(=O)N2C[C@H]3CC2[C@H]2C(=O)N(c4cnc(C#N)c(C)c4)C(=O)N32)no1. The van der Waals surface area contributed by atoms with E-state index in [1.807, 2.05) is 6.07 Å². The predicted molar refractivity (Wildman–Crippen MR) is 96.7 cm³/mol. The van der Waals surface area contributed by atoms with Crippen molar-refractivity contribution in [1.82, 2.24) is 19.9 Å². The molecule has 0 N–H and O–H groups in total. The maximum atomic E-state index is 13.2. The van der Waals surface area contributed by atoms with Crippen molar-refractivity contribution in [2.45, 2.75) is 38.4 Å². The Morgan fingerprint density at radius 2 is 2.10 bits per heavy atom. The summed E-state index contributed by atoms with van der Waals surface area (Å²) >= 11 is 0. The average molecular weight is 392 g/mol. The van der Waals surface area contributed by atoms with Crippen LogP contribution in [0.3, 0.4) is 0 Å². The summed E-state index contributed by atoms with van der Waals surface area (Å²) in [6, 6.07) is 3.36. The first-order valence-corrected chi connectivity index (χ1v) is 9.18. The van der Waals surface area contributed by atoms with Crippen LogP contribution >= 0.6 is 0 Å². The maximum Gasteiger partial charge on any atom is 0.332 e. The van der Waals surface area contributed by atoms with Gasteiger partial charge >= 0.3 is 6.03 Å². The second-order valence-corrected chi connectivity index (χ2v) is 7.52. The third-order valence-electron chi connectivity index (χ3n) is 5.80. The van der Waals surface area contributed by atoms with Gasteiger partial charge in [-0.25, -0.2) is 14.7 Å². The number of carbonyl (C=O) groups excluding carboxylic acids is 3. The monoisotopic (exact) mass is 392 g/mol. The number of nitrogens with zero attached hydrogens (tertiary/aromatic N) is 6. The number of carbonyl (C=O) groups is 3. The minimum Gasteiger partial charge on any atom is -0.361 e. The van der Waals surface area contributed by atoms with Crippen molar-refractivity contribution in [2.75, 3.05) is 11.4 Å². The molecule has 10 nitrogen and oxygen atoms in total. The summed E-state index contributed by atoms with van der Waals surface area (Å²) in [7, 11) is 0. The van der Waals surface area contributed by atoms with Gasteiger partial charge in [-0.2, -0.15) is 5.26 Å². The molecule has 3 fully saturated rings. The van der Waals surface area contributed by atoms with Gasteiger partial charge in [0.1, 0.15) is 23.6 Å². The topological polar surface area (TPSA) is 124 Å². The highest BCUT2D eigenvalue weighted by Gasteiger charge is 2.63. The average Bonchev–Trinajstić information content (AvgIpc) is 3.45. The standard InChI is InChI=1S/C19H16N6O4/c1-9-3-11(7-21-14(9)6-20)25-18(27)16-15-5-12(24(16)19(25)28)8-23(15)17(26)13-4-10(2)29-22-13/h3-4,7,12,15-16H,5,8H2,1-2H3/t12-,15?,16+/m1/s1. The van der Waals surface area contributed by atoms with Crippen LogP contribution in [-0.4, -0.2) is 62.5 Å². The molecule has 4 amide bonds. The number of hydrogen-bond donors (Lipinski definition) is 0. The molecule has 3 saturated heterocycles. The smallest absolute Gasteiger partial charge is 0.332 e. The Bertz CT molecular complexity index is 1120. The molecule has 0 saturated carbocycles. The Labute approximate surface area is 165 Å². The van der Waals surface area contributed by atoms with E-state index < -0.39 is 18.1 Å². The summed E-state index contributed by atoms with van der Waals surface area (Å²) in [4.78, 5) is 47.3. The molecule has 5 heterocycles. The summed E-state index contributed by atoms with van der Waals surface area (Å²) in [6.07, 6.45) is 1.91. The van der Waals surface area contributed by atoms with E-state index in [-0.39, 0.29) is 29.2 Å². The first kappa shape index (κ1) is 17.4. The molecule has 3 aliphatic rings. The van der Waals surface area contributed by atoms with E-state index in [0.29, 0.717) is 30.0 Å². The van der Waals surface area contributed by atoms with Gasteiger partial charge in [-0.05, 0) is 31.9 Å². The molecule has 0 spiro atoms. The van der Waals surface area contributed by atoms with Crippen LogP contribution in [0.1, 0.15) is 33.9 Å². The second-order valence-electron chi connectivity index (χ2n) is 7.52. The number of nitriles is 1. The van der Waals surface area contributed by atoms with Gasteiger partial charge in [0.25, 0.3) is 11.8 Å². The fourth-order valence-corrected chi connectivity index (χ4v) is 4.54. The molecule has 10 heteroatoms. The van der Waals surface area contributed by atoms with E-state index in [4.69, 9.17) is 9.78 Å². The van der Waals surface area contributed by atoms with E-state index >= 15 is 0 Å². The maximum absolute atomic E-state index is 13.2. The number of likely N-dealkylation sites (tertiary alicyclic amines) is 1. The third kappa shape index (κ3) is 2.30. The van der Waals surface area contributed by atoms with Crippen molar-refractivity contribution < 1.29 is 18.9 Å². The number of anilines is 1. The van der Waals surface area contributed by atoms with Crippen LogP contribution in [0.4, 0.5) is 10.5 Å². The Kier molecular flexibility index (Phi) is 3.52. The highest BCUT2D eigenvalue weighted by Crippen LogP contribution is 2.42. The third-order valence-corrected chi connectivity index (χ3v) is 5.80. The number of urea groups is 1. The zero-order valence-electron chi connectivity index (χ0n) is 15.7. The minimum atomic E-state index is -0.728. The van der Waals surface area contributed by atoms with Crippen LogP contribution in [-0.2, 0) is 4.79 Å². The van der Waals surface area contributed by atoms with Gasteiger partial charge in [-0.15, -0.1) is 0 Å². The Hall–Kier alpha value is -3.74. The molecule has 2 aromatic heterocycles. The zero-order valence-corrected chi connectivity index (χ0v) is 15.7. The number of hydrogen-bond acceptors (Lipinski definition) is 7. The summed E-state index contributed by atoms with van der Waals surface area (Å²) < 4.78 is 4.99. The highest BCUT2D eigenvalue weighted by atomic mass is 16.5. The molecule has 146 valence electrons. The molecule has 29 heavy (non-hydrogen) atoms. The van der Waals surface area contributed by atoms with Crippen molar-refractivity contribution >= 4 is 23.5 Å². The van der Waals surface area contributed by atoms with Crippen molar-refractivity contribution in [3.05, 3.63) is 41.0 Å². The number of pyridine rings is 1. The van der Waals surface area contributed by atoms with E-state index in [1.54, 1.807) is 35.8 Å². The van der Waals surface area contributed by atoms with Gasteiger partial charge in [0.05, 0.1) is 24.0 Å². The lowest BCUT2D eigenvalue weighted by molar-refractivity contribution is -0.121. The zero-order chi connectivity index (χ0) is 20.4.